The summed E-state index contributed by atoms with van der Waals surface area (Å²) in [6.45, 7) is -2.51. The average molecular weight is 411 g/mol. The van der Waals surface area contributed by atoms with E-state index < -0.39 is 55.2 Å². The van der Waals surface area contributed by atoms with E-state index in [0.717, 1.165) is 6.92 Å². The van der Waals surface area contributed by atoms with Crippen molar-refractivity contribution in [1.82, 2.24) is 16.0 Å². The van der Waals surface area contributed by atoms with Crippen molar-refractivity contribution >= 4 is 47.9 Å². The number of nitrogens with one attached hydrogen (secondary N) is 3. The number of carboxylic acid groups (broad SMARTS) is 2. The normalized spacial score (nSPS) is 12.3. The Morgan fingerprint density at radius 3 is 2.12 bits per heavy atom. The van der Waals surface area contributed by atoms with E-state index >= 15 is 0 Å². The molecule has 0 aliphatic carbocycles. The first-order valence-corrected chi connectivity index (χ1v) is 9.85. The molecular weight excluding hydrogens is 393 g/mol. The highest BCUT2D eigenvalue weighted by Crippen LogP contribution is 2.25. The van der Waals surface area contributed by atoms with Gasteiger partial charge < -0.3 is 26.2 Å². The number of amides is 3. The Bertz CT molecular complexity index is 629. The summed E-state index contributed by atoms with van der Waals surface area (Å²) in [5, 5.41) is 23.8. The molecular formula is C12H18N3O9PS. The van der Waals surface area contributed by atoms with Gasteiger partial charge >= 0.3 is 18.8 Å². The van der Waals surface area contributed by atoms with Gasteiger partial charge in [-0.2, -0.15) is 0 Å². The van der Waals surface area contributed by atoms with Gasteiger partial charge in [0.1, 0.15) is 18.6 Å². The average Bonchev–Trinajstić information content (AvgIpc) is 2.52. The molecule has 0 rings (SSSR count). The van der Waals surface area contributed by atoms with Crippen molar-refractivity contribution in [3.8, 4) is 0 Å². The topological polar surface area (TPSA) is 196 Å². The van der Waals surface area contributed by atoms with E-state index in [2.05, 4.69) is 10.6 Å². The van der Waals surface area contributed by atoms with E-state index in [1.807, 2.05) is 5.32 Å². The van der Waals surface area contributed by atoms with Gasteiger partial charge in [-0.3, -0.25) is 19.2 Å². The predicted molar refractivity (Wildman–Crippen MR) is 87.8 cm³/mol. The smallest absolute Gasteiger partial charge is 0.378 e. The molecule has 26 heavy (non-hydrogen) atoms. The second-order valence-electron chi connectivity index (χ2n) is 4.88. The summed E-state index contributed by atoms with van der Waals surface area (Å²) in [7, 11) is 0. The van der Waals surface area contributed by atoms with Crippen molar-refractivity contribution in [3.05, 3.63) is 0 Å². The van der Waals surface area contributed by atoms with Crippen molar-refractivity contribution in [1.29, 1.82) is 0 Å². The standard InChI is InChI=1S/C12H18N3O9PS/c1-6(16)14-7(12(21)22)2-3-9(17)15-8(5-26-25(23)24)11(20)13-4-10(18)19/h7-8H,2-5H2,1H3,(H,13,20)(H,14,16)(H,15,17)(H,18,19)(H,21,22)/t7-,8-/m0/s1. The zero-order valence-electron chi connectivity index (χ0n) is 13.6. The minimum atomic E-state index is -2.90. The van der Waals surface area contributed by atoms with Crippen LogP contribution in [0, 0.1) is 0 Å². The van der Waals surface area contributed by atoms with Crippen molar-refractivity contribution in [2.75, 3.05) is 12.3 Å². The Kier molecular flexibility index (Phi) is 10.9. The van der Waals surface area contributed by atoms with Crippen LogP contribution in [0.2, 0.25) is 0 Å². The molecule has 0 aliphatic heterocycles. The minimum Gasteiger partial charge on any atom is -0.480 e. The van der Waals surface area contributed by atoms with Gasteiger partial charge in [-0.25, -0.2) is 13.9 Å². The van der Waals surface area contributed by atoms with Gasteiger partial charge in [0.15, 0.2) is 0 Å². The van der Waals surface area contributed by atoms with E-state index in [1.54, 1.807) is 0 Å². The molecule has 2 atom stereocenters. The van der Waals surface area contributed by atoms with Crippen LogP contribution >= 0.6 is 18.3 Å². The fraction of sp³-hybridized carbons (Fsp3) is 0.583. The molecule has 12 nitrogen and oxygen atoms in total. The molecule has 0 aliphatic rings. The molecule has 5 N–H and O–H groups in total. The van der Waals surface area contributed by atoms with E-state index in [0.29, 0.717) is 11.4 Å². The van der Waals surface area contributed by atoms with Gasteiger partial charge in [-0.15, -0.1) is 0 Å². The third-order valence-corrected chi connectivity index (χ3v) is 4.52. The molecule has 3 amide bonds. The van der Waals surface area contributed by atoms with Crippen LogP contribution in [0.3, 0.4) is 0 Å². The third-order valence-electron chi connectivity index (χ3n) is 2.75. The van der Waals surface area contributed by atoms with Gasteiger partial charge in [0, 0.05) is 19.1 Å². The fourth-order valence-electron chi connectivity index (χ4n) is 1.65. The molecule has 0 unspecified atom stereocenters. The lowest BCUT2D eigenvalue weighted by Crippen LogP contribution is -2.49. The Hall–Kier alpha value is -2.40. The van der Waals surface area contributed by atoms with Crippen LogP contribution in [0.15, 0.2) is 0 Å². The summed E-state index contributed by atoms with van der Waals surface area (Å²) in [5.41, 5.74) is 0. The van der Waals surface area contributed by atoms with Gasteiger partial charge in [0.05, 0.1) is 0 Å². The molecule has 14 heteroatoms. The number of hydrogen-bond donors (Lipinski definition) is 5. The maximum Gasteiger partial charge on any atom is 0.378 e. The Morgan fingerprint density at radius 1 is 1.04 bits per heavy atom. The van der Waals surface area contributed by atoms with Crippen LogP contribution in [0.1, 0.15) is 19.8 Å². The molecule has 0 aromatic rings. The number of hydrogen-bond acceptors (Lipinski definition) is 8. The summed E-state index contributed by atoms with van der Waals surface area (Å²) in [6.07, 6.45) is -0.624. The highest BCUT2D eigenvalue weighted by Gasteiger charge is 2.24. The maximum absolute atomic E-state index is 11.9. The third kappa shape index (κ3) is 11.2. The SMILES string of the molecule is CC(=O)N[C@@H](CCC(=O)N[C@@H](CSP(=O)=O)C(=O)NCC(=O)O)C(=O)O. The Balaban J connectivity index is 4.77. The zero-order chi connectivity index (χ0) is 20.3. The first-order valence-electron chi connectivity index (χ1n) is 7.09. The fourth-order valence-corrected chi connectivity index (χ4v) is 2.97. The van der Waals surface area contributed by atoms with E-state index in [4.69, 9.17) is 10.2 Å². The van der Waals surface area contributed by atoms with Crippen molar-refractivity contribution < 1.29 is 43.3 Å². The van der Waals surface area contributed by atoms with Crippen LogP contribution in [-0.2, 0) is 33.1 Å². The van der Waals surface area contributed by atoms with E-state index in [1.165, 1.54) is 0 Å². The second-order valence-corrected chi connectivity index (χ2v) is 7.59. The largest absolute Gasteiger partial charge is 0.480 e. The quantitative estimate of drug-likeness (QED) is 0.245. The molecule has 146 valence electrons. The van der Waals surface area contributed by atoms with Gasteiger partial charge in [-0.05, 0) is 17.8 Å². The summed E-state index contributed by atoms with van der Waals surface area (Å²) >= 11 is 0.361. The van der Waals surface area contributed by atoms with Crippen molar-refractivity contribution in [2.45, 2.75) is 31.8 Å². The molecule has 0 spiro atoms. The lowest BCUT2D eigenvalue weighted by molar-refractivity contribution is -0.142. The van der Waals surface area contributed by atoms with E-state index in [9.17, 15) is 33.1 Å². The number of carbonyl (C=O) groups excluding carboxylic acids is 3. The predicted octanol–water partition coefficient (Wildman–Crippen LogP) is -1.14. The maximum atomic E-state index is 11.9. The lowest BCUT2D eigenvalue weighted by atomic mass is 10.1. The lowest BCUT2D eigenvalue weighted by Gasteiger charge is -2.17. The van der Waals surface area contributed by atoms with Gasteiger partial charge in [0.25, 0.3) is 0 Å². The molecule has 0 aromatic heterocycles. The summed E-state index contributed by atoms with van der Waals surface area (Å²) < 4.78 is 21.3. The number of aliphatic carboxylic acids is 2. The number of carboxylic acids is 2. The second kappa shape index (κ2) is 12.0. The molecule has 0 saturated carbocycles. The van der Waals surface area contributed by atoms with Crippen LogP contribution in [-0.4, -0.2) is 64.3 Å². The molecule has 0 aromatic carbocycles. The minimum absolute atomic E-state index is 0.257. The van der Waals surface area contributed by atoms with Crippen LogP contribution < -0.4 is 16.0 Å². The van der Waals surface area contributed by atoms with Crippen molar-refractivity contribution in [3.63, 3.8) is 0 Å². The molecule has 0 bridgehead atoms. The van der Waals surface area contributed by atoms with Crippen LogP contribution in [0.25, 0.3) is 0 Å². The van der Waals surface area contributed by atoms with Crippen LogP contribution in [0.5, 0.6) is 0 Å². The first kappa shape index (κ1) is 23.6. The Morgan fingerprint density at radius 2 is 1.65 bits per heavy atom. The van der Waals surface area contributed by atoms with Gasteiger partial charge in [0.2, 0.25) is 17.7 Å². The molecule has 0 saturated heterocycles. The summed E-state index contributed by atoms with van der Waals surface area (Å²) in [6, 6.07) is -2.63. The van der Waals surface area contributed by atoms with E-state index in [-0.39, 0.29) is 18.6 Å². The summed E-state index contributed by atoms with van der Waals surface area (Å²) in [5.74, 6) is -5.29. The highest BCUT2D eigenvalue weighted by atomic mass is 32.7. The van der Waals surface area contributed by atoms with Crippen molar-refractivity contribution in [2.24, 2.45) is 0 Å². The summed E-state index contributed by atoms with van der Waals surface area (Å²) in [4.78, 5) is 56.0. The number of rotatable bonds is 12. The number of carbonyl (C=O) groups is 5. The monoisotopic (exact) mass is 411 g/mol. The van der Waals surface area contributed by atoms with Crippen LogP contribution in [0.4, 0.5) is 0 Å². The molecule has 0 radical (unpaired) electrons. The Labute approximate surface area is 152 Å². The van der Waals surface area contributed by atoms with Gasteiger partial charge in [-0.1, -0.05) is 0 Å². The molecule has 0 heterocycles. The molecule has 0 fully saturated rings. The highest BCUT2D eigenvalue weighted by molar-refractivity contribution is 8.47. The zero-order valence-corrected chi connectivity index (χ0v) is 15.3. The first-order chi connectivity index (χ1) is 12.0.